The molecule has 0 rings (SSSR count). The van der Waals surface area contributed by atoms with Gasteiger partial charge in [0.05, 0.1) is 0 Å². The Morgan fingerprint density at radius 2 is 1.92 bits per heavy atom. The van der Waals surface area contributed by atoms with Crippen LogP contribution in [0.4, 0.5) is 0 Å². The van der Waals surface area contributed by atoms with E-state index in [1.807, 2.05) is 7.05 Å². The summed E-state index contributed by atoms with van der Waals surface area (Å²) >= 11 is 0. The van der Waals surface area contributed by atoms with Gasteiger partial charge in [0.1, 0.15) is 0 Å². The van der Waals surface area contributed by atoms with Crippen LogP contribution in [0.5, 0.6) is 0 Å². The van der Waals surface area contributed by atoms with Crippen molar-refractivity contribution in [2.75, 3.05) is 20.2 Å². The van der Waals surface area contributed by atoms with Gasteiger partial charge in [0.15, 0.2) is 0 Å². The minimum absolute atomic E-state index is 0.0924. The molecule has 1 N–H and O–H groups in total. The number of hydrogen-bond donors (Lipinski definition) is 1. The first-order valence-corrected chi connectivity index (χ1v) is 4.71. The summed E-state index contributed by atoms with van der Waals surface area (Å²) in [6.07, 6.45) is 1.01. The van der Waals surface area contributed by atoms with Crippen LogP contribution in [-0.4, -0.2) is 36.1 Å². The van der Waals surface area contributed by atoms with Crippen LogP contribution < -0.4 is 0 Å². The van der Waals surface area contributed by atoms with Gasteiger partial charge in [0.25, 0.3) is 0 Å². The van der Waals surface area contributed by atoms with Gasteiger partial charge in [0, 0.05) is 26.6 Å². The van der Waals surface area contributed by atoms with Crippen molar-refractivity contribution in [3.05, 3.63) is 0 Å². The van der Waals surface area contributed by atoms with Crippen LogP contribution in [0.2, 0.25) is 0 Å². The molecule has 1 amide bonds. The van der Waals surface area contributed by atoms with Crippen LogP contribution in [0.25, 0.3) is 0 Å². The van der Waals surface area contributed by atoms with Crippen LogP contribution in [-0.2, 0) is 4.79 Å². The van der Waals surface area contributed by atoms with E-state index in [1.165, 1.54) is 0 Å². The summed E-state index contributed by atoms with van der Waals surface area (Å²) in [5.41, 5.74) is 0.142. The van der Waals surface area contributed by atoms with Gasteiger partial charge in [-0.1, -0.05) is 20.8 Å². The Bertz CT molecular complexity index is 161. The lowest BCUT2D eigenvalue weighted by Gasteiger charge is -2.26. The number of aliphatic hydroxyl groups is 1. The summed E-state index contributed by atoms with van der Waals surface area (Å²) in [5.74, 6) is 0.115. The van der Waals surface area contributed by atoms with E-state index < -0.39 is 0 Å². The summed E-state index contributed by atoms with van der Waals surface area (Å²) in [7, 11) is 1.81. The van der Waals surface area contributed by atoms with Crippen molar-refractivity contribution in [1.29, 1.82) is 0 Å². The Morgan fingerprint density at radius 1 is 1.38 bits per heavy atom. The molecular weight excluding hydrogens is 166 g/mol. The third kappa shape index (κ3) is 6.58. The van der Waals surface area contributed by atoms with Crippen LogP contribution in [0, 0.1) is 5.41 Å². The third-order valence-electron chi connectivity index (χ3n) is 1.69. The highest BCUT2D eigenvalue weighted by molar-refractivity contribution is 5.75. The molecule has 0 aromatic heterocycles. The molecular formula is C10H21NO2. The van der Waals surface area contributed by atoms with Crippen molar-refractivity contribution in [3.8, 4) is 0 Å². The SMILES string of the molecule is CN(CC(C)(C)C)C(=O)CCCO. The van der Waals surface area contributed by atoms with E-state index in [4.69, 9.17) is 5.11 Å². The lowest BCUT2D eigenvalue weighted by atomic mass is 9.96. The Balaban J connectivity index is 3.83. The largest absolute Gasteiger partial charge is 0.396 e. The Kier molecular flexibility index (Phi) is 4.99. The number of carbonyl (C=O) groups excluding carboxylic acids is 1. The monoisotopic (exact) mass is 187 g/mol. The molecule has 0 radical (unpaired) electrons. The highest BCUT2D eigenvalue weighted by Crippen LogP contribution is 2.14. The molecule has 0 bridgehead atoms. The summed E-state index contributed by atoms with van der Waals surface area (Å²) in [6, 6.07) is 0. The van der Waals surface area contributed by atoms with Crippen molar-refractivity contribution < 1.29 is 9.90 Å². The average molecular weight is 187 g/mol. The molecule has 0 aliphatic carbocycles. The molecule has 0 atom stereocenters. The fourth-order valence-electron chi connectivity index (χ4n) is 1.22. The molecule has 0 spiro atoms. The lowest BCUT2D eigenvalue weighted by molar-refractivity contribution is -0.131. The first-order valence-electron chi connectivity index (χ1n) is 4.71. The van der Waals surface area contributed by atoms with E-state index in [9.17, 15) is 4.79 Å². The second kappa shape index (κ2) is 5.22. The smallest absolute Gasteiger partial charge is 0.222 e. The Hall–Kier alpha value is -0.570. The molecule has 0 aliphatic heterocycles. The Morgan fingerprint density at radius 3 is 2.31 bits per heavy atom. The first kappa shape index (κ1) is 12.4. The summed E-state index contributed by atoms with van der Waals surface area (Å²) in [5, 5.41) is 8.56. The van der Waals surface area contributed by atoms with Gasteiger partial charge in [-0.05, 0) is 11.8 Å². The van der Waals surface area contributed by atoms with E-state index in [0.717, 1.165) is 6.54 Å². The predicted molar refractivity (Wildman–Crippen MR) is 53.4 cm³/mol. The number of hydrogen-bond acceptors (Lipinski definition) is 2. The maximum atomic E-state index is 11.4. The number of aliphatic hydroxyl groups excluding tert-OH is 1. The van der Waals surface area contributed by atoms with Crippen molar-refractivity contribution in [2.24, 2.45) is 5.41 Å². The van der Waals surface area contributed by atoms with Crippen LogP contribution in [0.1, 0.15) is 33.6 Å². The summed E-state index contributed by atoms with van der Waals surface area (Å²) < 4.78 is 0. The fraction of sp³-hybridized carbons (Fsp3) is 0.900. The molecule has 0 fully saturated rings. The molecule has 0 aliphatic rings. The van der Waals surface area contributed by atoms with Gasteiger partial charge < -0.3 is 10.0 Å². The van der Waals surface area contributed by atoms with E-state index in [1.54, 1.807) is 4.90 Å². The number of nitrogens with zero attached hydrogens (tertiary/aromatic N) is 1. The van der Waals surface area contributed by atoms with Crippen molar-refractivity contribution in [3.63, 3.8) is 0 Å². The molecule has 0 unspecified atom stereocenters. The van der Waals surface area contributed by atoms with Gasteiger partial charge in [0.2, 0.25) is 5.91 Å². The molecule has 13 heavy (non-hydrogen) atoms. The zero-order chi connectivity index (χ0) is 10.5. The quantitative estimate of drug-likeness (QED) is 0.720. The zero-order valence-corrected chi connectivity index (χ0v) is 9.13. The number of carbonyl (C=O) groups is 1. The number of amides is 1. The van der Waals surface area contributed by atoms with Gasteiger partial charge >= 0.3 is 0 Å². The molecule has 0 aromatic rings. The fourth-order valence-corrected chi connectivity index (χ4v) is 1.22. The summed E-state index contributed by atoms with van der Waals surface area (Å²) in [4.78, 5) is 13.1. The second-order valence-electron chi connectivity index (χ2n) is 4.64. The highest BCUT2D eigenvalue weighted by atomic mass is 16.3. The lowest BCUT2D eigenvalue weighted by Crippen LogP contribution is -2.34. The minimum Gasteiger partial charge on any atom is -0.396 e. The predicted octanol–water partition coefficient (Wildman–Crippen LogP) is 1.26. The maximum absolute atomic E-state index is 11.4. The second-order valence-corrected chi connectivity index (χ2v) is 4.64. The molecule has 78 valence electrons. The molecule has 0 aromatic carbocycles. The topological polar surface area (TPSA) is 40.5 Å². The van der Waals surface area contributed by atoms with Crippen molar-refractivity contribution in [1.82, 2.24) is 4.90 Å². The molecule has 3 nitrogen and oxygen atoms in total. The van der Waals surface area contributed by atoms with E-state index >= 15 is 0 Å². The molecule has 0 heterocycles. The van der Waals surface area contributed by atoms with E-state index in [0.29, 0.717) is 12.8 Å². The molecule has 3 heteroatoms. The maximum Gasteiger partial charge on any atom is 0.222 e. The van der Waals surface area contributed by atoms with Crippen molar-refractivity contribution in [2.45, 2.75) is 33.6 Å². The standard InChI is InChI=1S/C10H21NO2/c1-10(2,3)8-11(4)9(13)6-5-7-12/h12H,5-8H2,1-4H3. The van der Waals surface area contributed by atoms with E-state index in [2.05, 4.69) is 20.8 Å². The van der Waals surface area contributed by atoms with Gasteiger partial charge in [-0.3, -0.25) is 4.79 Å². The molecule has 0 saturated carbocycles. The summed E-state index contributed by atoms with van der Waals surface area (Å²) in [6.45, 7) is 7.15. The van der Waals surface area contributed by atoms with Gasteiger partial charge in [-0.2, -0.15) is 0 Å². The van der Waals surface area contributed by atoms with Gasteiger partial charge in [-0.25, -0.2) is 0 Å². The number of rotatable bonds is 4. The van der Waals surface area contributed by atoms with Crippen LogP contribution in [0.15, 0.2) is 0 Å². The Labute approximate surface area is 80.7 Å². The van der Waals surface area contributed by atoms with Crippen LogP contribution in [0.3, 0.4) is 0 Å². The normalized spacial score (nSPS) is 11.5. The van der Waals surface area contributed by atoms with Crippen LogP contribution >= 0.6 is 0 Å². The zero-order valence-electron chi connectivity index (χ0n) is 9.13. The average Bonchev–Trinajstić information content (AvgIpc) is 1.96. The van der Waals surface area contributed by atoms with E-state index in [-0.39, 0.29) is 17.9 Å². The van der Waals surface area contributed by atoms with Crippen molar-refractivity contribution >= 4 is 5.91 Å². The van der Waals surface area contributed by atoms with Gasteiger partial charge in [-0.15, -0.1) is 0 Å². The third-order valence-corrected chi connectivity index (χ3v) is 1.69. The molecule has 0 saturated heterocycles. The highest BCUT2D eigenvalue weighted by Gasteiger charge is 2.16. The minimum atomic E-state index is 0.0924. The first-order chi connectivity index (χ1) is 5.87.